The van der Waals surface area contributed by atoms with E-state index in [0.29, 0.717) is 13.0 Å². The van der Waals surface area contributed by atoms with E-state index in [1.807, 2.05) is 6.92 Å². The Morgan fingerprint density at radius 3 is 2.54 bits per heavy atom. The van der Waals surface area contributed by atoms with Crippen molar-refractivity contribution in [1.82, 2.24) is 15.6 Å². The smallest absolute Gasteiger partial charge is 0.191 e. The molecule has 0 saturated heterocycles. The van der Waals surface area contributed by atoms with Crippen molar-refractivity contribution in [2.75, 3.05) is 32.1 Å². The third-order valence-electron chi connectivity index (χ3n) is 3.45. The van der Waals surface area contributed by atoms with Gasteiger partial charge in [-0.05, 0) is 18.8 Å². The average Bonchev–Trinajstić information content (AvgIpc) is 2.85. The zero-order chi connectivity index (χ0) is 17.5. The summed E-state index contributed by atoms with van der Waals surface area (Å²) in [6.45, 7) is 7.53. The molecular weight excluding hydrogens is 459 g/mol. The van der Waals surface area contributed by atoms with E-state index in [0.717, 1.165) is 29.6 Å². The molecule has 1 aromatic rings. The Hall–Kier alpha value is -0.420. The largest absolute Gasteiger partial charge is 0.356 e. The van der Waals surface area contributed by atoms with Crippen LogP contribution in [0.2, 0.25) is 0 Å². The predicted molar refractivity (Wildman–Crippen MR) is 113 cm³/mol. The van der Waals surface area contributed by atoms with Gasteiger partial charge >= 0.3 is 0 Å². The number of sulfone groups is 1. The van der Waals surface area contributed by atoms with Crippen LogP contribution in [0.15, 0.2) is 10.4 Å². The Morgan fingerprint density at radius 1 is 1.38 bits per heavy atom. The minimum atomic E-state index is -2.92. The first-order chi connectivity index (χ1) is 10.6. The molecule has 9 heteroatoms. The van der Waals surface area contributed by atoms with E-state index in [-0.39, 0.29) is 35.1 Å². The molecule has 24 heavy (non-hydrogen) atoms. The van der Waals surface area contributed by atoms with Gasteiger partial charge in [-0.3, -0.25) is 4.99 Å². The molecular formula is C15H29IN4O2S2. The fourth-order valence-electron chi connectivity index (χ4n) is 1.93. The van der Waals surface area contributed by atoms with Gasteiger partial charge in [0.15, 0.2) is 5.96 Å². The number of aliphatic imine (C=N–C) groups is 1. The van der Waals surface area contributed by atoms with E-state index < -0.39 is 9.84 Å². The summed E-state index contributed by atoms with van der Waals surface area (Å²) >= 11 is 1.66. The maximum absolute atomic E-state index is 11.3. The molecule has 0 atom stereocenters. The van der Waals surface area contributed by atoms with E-state index in [1.54, 1.807) is 18.4 Å². The van der Waals surface area contributed by atoms with E-state index in [1.165, 1.54) is 6.26 Å². The lowest BCUT2D eigenvalue weighted by molar-refractivity contribution is 0.348. The summed E-state index contributed by atoms with van der Waals surface area (Å²) < 4.78 is 22.6. The zero-order valence-electron chi connectivity index (χ0n) is 15.0. The van der Waals surface area contributed by atoms with Gasteiger partial charge in [0.2, 0.25) is 0 Å². The Morgan fingerprint density at radius 2 is 2.04 bits per heavy atom. The van der Waals surface area contributed by atoms with E-state index >= 15 is 0 Å². The quantitative estimate of drug-likeness (QED) is 0.333. The molecule has 0 saturated carbocycles. The third kappa shape index (κ3) is 10.4. The monoisotopic (exact) mass is 488 g/mol. The van der Waals surface area contributed by atoms with Gasteiger partial charge in [0.05, 0.1) is 16.5 Å². The van der Waals surface area contributed by atoms with Crippen molar-refractivity contribution in [3.05, 3.63) is 16.1 Å². The fourth-order valence-corrected chi connectivity index (χ4v) is 3.50. The lowest BCUT2D eigenvalue weighted by atomic mass is 9.90. The summed E-state index contributed by atoms with van der Waals surface area (Å²) in [5, 5.41) is 9.67. The van der Waals surface area contributed by atoms with Crippen LogP contribution in [0.25, 0.3) is 0 Å². The number of aromatic nitrogens is 1. The molecule has 0 unspecified atom stereocenters. The summed E-state index contributed by atoms with van der Waals surface area (Å²) in [6.07, 6.45) is 2.74. The maximum atomic E-state index is 11.3. The Kier molecular flexibility index (Phi) is 10.4. The van der Waals surface area contributed by atoms with Crippen LogP contribution < -0.4 is 10.6 Å². The lowest BCUT2D eigenvalue weighted by Gasteiger charge is -2.25. The molecule has 0 aliphatic carbocycles. The zero-order valence-corrected chi connectivity index (χ0v) is 19.0. The molecule has 0 fully saturated rings. The molecule has 0 aliphatic rings. The first-order valence-electron chi connectivity index (χ1n) is 7.64. The van der Waals surface area contributed by atoms with Gasteiger partial charge in [-0.1, -0.05) is 13.8 Å². The number of hydrogen-bond donors (Lipinski definition) is 2. The summed E-state index contributed by atoms with van der Waals surface area (Å²) in [5.41, 5.74) is 0.969. The van der Waals surface area contributed by atoms with Crippen LogP contribution >= 0.6 is 35.3 Å². The summed E-state index contributed by atoms with van der Waals surface area (Å²) in [6, 6.07) is 0. The number of thiazole rings is 1. The second kappa shape index (κ2) is 10.5. The Bertz CT molecular complexity index is 627. The number of aryl methyl sites for hydroxylation is 1. The van der Waals surface area contributed by atoms with Crippen LogP contribution in [0.3, 0.4) is 0 Å². The van der Waals surface area contributed by atoms with E-state index in [4.69, 9.17) is 0 Å². The summed E-state index contributed by atoms with van der Waals surface area (Å²) in [7, 11) is -1.20. The fraction of sp³-hybridized carbons (Fsp3) is 0.733. The minimum Gasteiger partial charge on any atom is -0.356 e. The van der Waals surface area contributed by atoms with Gasteiger partial charge < -0.3 is 10.6 Å². The van der Waals surface area contributed by atoms with Crippen molar-refractivity contribution in [2.45, 2.75) is 33.6 Å². The molecule has 0 bridgehead atoms. The maximum Gasteiger partial charge on any atom is 0.191 e. The normalized spacial score (nSPS) is 12.6. The molecule has 1 aromatic heterocycles. The van der Waals surface area contributed by atoms with Crippen LogP contribution in [0.5, 0.6) is 0 Å². The first-order valence-corrected chi connectivity index (χ1v) is 10.6. The second-order valence-electron chi connectivity index (χ2n) is 6.50. The SMILES string of the molecule is CN=C(NCCc1csc(C)n1)NCC(C)(C)CCS(C)(=O)=O.I. The van der Waals surface area contributed by atoms with Crippen molar-refractivity contribution in [2.24, 2.45) is 10.4 Å². The van der Waals surface area contributed by atoms with Crippen molar-refractivity contribution in [3.63, 3.8) is 0 Å². The van der Waals surface area contributed by atoms with Crippen molar-refractivity contribution in [1.29, 1.82) is 0 Å². The Labute approximate surface area is 166 Å². The predicted octanol–water partition coefficient (Wildman–Crippen LogP) is 2.24. The molecule has 2 N–H and O–H groups in total. The second-order valence-corrected chi connectivity index (χ2v) is 9.83. The number of nitrogens with zero attached hydrogens (tertiary/aromatic N) is 2. The molecule has 0 aliphatic heterocycles. The highest BCUT2D eigenvalue weighted by atomic mass is 127. The molecule has 0 spiro atoms. The molecule has 1 rings (SSSR count). The molecule has 140 valence electrons. The van der Waals surface area contributed by atoms with Crippen LogP contribution in [-0.2, 0) is 16.3 Å². The molecule has 0 aromatic carbocycles. The standard InChI is InChI=1S/C15H28N4O2S2.HI/c1-12-19-13(10-22-12)6-8-17-14(16-4)18-11-15(2,3)7-9-23(5,20)21;/h10H,6-9,11H2,1-5H3,(H2,16,17,18);1H. The van der Waals surface area contributed by atoms with Gasteiger partial charge in [0, 0.05) is 38.2 Å². The van der Waals surface area contributed by atoms with Crippen molar-refractivity contribution in [3.8, 4) is 0 Å². The number of rotatable bonds is 8. The van der Waals surface area contributed by atoms with Crippen LogP contribution in [0.1, 0.15) is 31.0 Å². The van der Waals surface area contributed by atoms with Gasteiger partial charge in [-0.25, -0.2) is 13.4 Å². The Balaban J connectivity index is 0.00000529. The van der Waals surface area contributed by atoms with Gasteiger partial charge in [0.1, 0.15) is 9.84 Å². The van der Waals surface area contributed by atoms with Gasteiger partial charge in [-0.2, -0.15) is 0 Å². The average molecular weight is 488 g/mol. The van der Waals surface area contributed by atoms with Crippen LogP contribution in [0.4, 0.5) is 0 Å². The highest BCUT2D eigenvalue weighted by Crippen LogP contribution is 2.19. The van der Waals surface area contributed by atoms with Crippen molar-refractivity contribution < 1.29 is 8.42 Å². The first kappa shape index (κ1) is 23.6. The number of nitrogens with one attached hydrogen (secondary N) is 2. The number of hydrogen-bond acceptors (Lipinski definition) is 5. The number of guanidine groups is 1. The number of halogens is 1. The van der Waals surface area contributed by atoms with Crippen LogP contribution in [-0.4, -0.2) is 51.5 Å². The van der Waals surface area contributed by atoms with E-state index in [9.17, 15) is 8.42 Å². The minimum absolute atomic E-state index is 0. The highest BCUT2D eigenvalue weighted by molar-refractivity contribution is 14.0. The molecule has 1 heterocycles. The molecule has 0 amide bonds. The highest BCUT2D eigenvalue weighted by Gasteiger charge is 2.20. The van der Waals surface area contributed by atoms with Gasteiger partial charge in [-0.15, -0.1) is 35.3 Å². The summed E-state index contributed by atoms with van der Waals surface area (Å²) in [5.74, 6) is 0.932. The lowest BCUT2D eigenvalue weighted by Crippen LogP contribution is -2.43. The topological polar surface area (TPSA) is 83.4 Å². The molecule has 0 radical (unpaired) electrons. The summed E-state index contributed by atoms with van der Waals surface area (Å²) in [4.78, 5) is 8.62. The van der Waals surface area contributed by atoms with Crippen molar-refractivity contribution >= 4 is 51.1 Å². The van der Waals surface area contributed by atoms with Gasteiger partial charge in [0.25, 0.3) is 0 Å². The van der Waals surface area contributed by atoms with E-state index in [2.05, 4.69) is 39.8 Å². The van der Waals surface area contributed by atoms with Crippen LogP contribution in [0, 0.1) is 12.3 Å². The third-order valence-corrected chi connectivity index (χ3v) is 5.22. The molecule has 6 nitrogen and oxygen atoms in total.